The number of hydrogen-bond acceptors (Lipinski definition) is 5. The van der Waals surface area contributed by atoms with E-state index in [-0.39, 0.29) is 0 Å². The lowest BCUT2D eigenvalue weighted by Gasteiger charge is -2.34. The van der Waals surface area contributed by atoms with Crippen LogP contribution < -0.4 is 4.90 Å². The van der Waals surface area contributed by atoms with Crippen LogP contribution in [0.4, 0.5) is 5.82 Å². The Morgan fingerprint density at radius 2 is 1.88 bits per heavy atom. The van der Waals surface area contributed by atoms with Gasteiger partial charge >= 0.3 is 0 Å². The summed E-state index contributed by atoms with van der Waals surface area (Å²) in [6.07, 6.45) is 9.09. The monoisotopic (exact) mass is 351 g/mol. The minimum atomic E-state index is 0.384. The molecule has 0 radical (unpaired) electrons. The van der Waals surface area contributed by atoms with Crippen molar-refractivity contribution in [3.8, 4) is 0 Å². The zero-order valence-electron chi connectivity index (χ0n) is 15.0. The number of likely N-dealkylation sites (tertiary alicyclic amines) is 1. The molecule has 0 N–H and O–H groups in total. The average molecular weight is 351 g/mol. The summed E-state index contributed by atoms with van der Waals surface area (Å²) < 4.78 is 0. The van der Waals surface area contributed by atoms with Crippen molar-refractivity contribution < 1.29 is 4.79 Å². The molecule has 2 aromatic rings. The van der Waals surface area contributed by atoms with Crippen molar-refractivity contribution in [1.82, 2.24) is 19.9 Å². The van der Waals surface area contributed by atoms with Crippen LogP contribution in [0.1, 0.15) is 32.1 Å². The number of rotatable bonds is 3. The Morgan fingerprint density at radius 3 is 2.73 bits per heavy atom. The summed E-state index contributed by atoms with van der Waals surface area (Å²) in [6, 6.07) is 4.05. The van der Waals surface area contributed by atoms with E-state index >= 15 is 0 Å². The van der Waals surface area contributed by atoms with Gasteiger partial charge in [-0.3, -0.25) is 9.78 Å². The van der Waals surface area contributed by atoms with Crippen LogP contribution in [-0.4, -0.2) is 51.9 Å². The first-order chi connectivity index (χ1) is 12.8. The van der Waals surface area contributed by atoms with E-state index in [1.165, 1.54) is 19.3 Å². The minimum Gasteiger partial charge on any atom is -0.356 e. The summed E-state index contributed by atoms with van der Waals surface area (Å²) in [6.45, 7) is 3.86. The Hall–Kier alpha value is -2.24. The topological polar surface area (TPSA) is 62.2 Å². The van der Waals surface area contributed by atoms with Gasteiger partial charge in [-0.05, 0) is 49.1 Å². The fourth-order valence-corrected chi connectivity index (χ4v) is 4.67. The van der Waals surface area contributed by atoms with E-state index in [1.54, 1.807) is 12.4 Å². The van der Waals surface area contributed by atoms with Crippen LogP contribution in [-0.2, 0) is 4.79 Å². The number of pyridine rings is 1. The molecule has 4 heterocycles. The lowest BCUT2D eigenvalue weighted by Crippen LogP contribution is -2.40. The molecule has 5 rings (SSSR count). The highest BCUT2D eigenvalue weighted by Gasteiger charge is 2.39. The molecular weight excluding hydrogens is 326 g/mol. The van der Waals surface area contributed by atoms with Crippen molar-refractivity contribution in [3.05, 3.63) is 24.5 Å². The summed E-state index contributed by atoms with van der Waals surface area (Å²) >= 11 is 0. The highest BCUT2D eigenvalue weighted by Crippen LogP contribution is 2.35. The standard InChI is InChI=1S/C20H25N5O/c26-19(10-14-2-1-3-14)25-11-15-6-9-24(12-16(15)13-25)18-5-4-17-20(23-18)22-8-7-21-17/h4-5,7-8,14-16H,1-3,6,9-13H2/t15-,16+/m0/s1. The van der Waals surface area contributed by atoms with Crippen LogP contribution in [0.5, 0.6) is 0 Å². The van der Waals surface area contributed by atoms with Crippen molar-refractivity contribution in [1.29, 1.82) is 0 Å². The van der Waals surface area contributed by atoms with Gasteiger partial charge in [-0.2, -0.15) is 0 Å². The molecule has 2 aromatic heterocycles. The first-order valence-electron chi connectivity index (χ1n) is 9.87. The Morgan fingerprint density at radius 1 is 1.04 bits per heavy atom. The Bertz CT molecular complexity index is 821. The second-order valence-corrected chi connectivity index (χ2v) is 8.12. The molecule has 0 unspecified atom stereocenters. The van der Waals surface area contributed by atoms with E-state index in [0.29, 0.717) is 29.3 Å². The van der Waals surface area contributed by atoms with Crippen molar-refractivity contribution in [3.63, 3.8) is 0 Å². The first-order valence-corrected chi connectivity index (χ1v) is 9.87. The Kier molecular flexibility index (Phi) is 3.98. The van der Waals surface area contributed by atoms with E-state index in [2.05, 4.69) is 19.8 Å². The van der Waals surface area contributed by atoms with Gasteiger partial charge in [0.15, 0.2) is 5.65 Å². The molecule has 0 aromatic carbocycles. The summed E-state index contributed by atoms with van der Waals surface area (Å²) in [7, 11) is 0. The predicted molar refractivity (Wildman–Crippen MR) is 99.7 cm³/mol. The van der Waals surface area contributed by atoms with Crippen LogP contribution in [0.25, 0.3) is 11.2 Å². The normalized spacial score (nSPS) is 26.0. The highest BCUT2D eigenvalue weighted by molar-refractivity contribution is 5.77. The molecule has 136 valence electrons. The quantitative estimate of drug-likeness (QED) is 0.850. The zero-order valence-corrected chi connectivity index (χ0v) is 15.0. The molecule has 6 heteroatoms. The van der Waals surface area contributed by atoms with E-state index < -0.39 is 0 Å². The van der Waals surface area contributed by atoms with Gasteiger partial charge in [-0.1, -0.05) is 6.42 Å². The molecular formula is C20H25N5O. The van der Waals surface area contributed by atoms with E-state index in [9.17, 15) is 4.79 Å². The fourth-order valence-electron chi connectivity index (χ4n) is 4.67. The summed E-state index contributed by atoms with van der Waals surface area (Å²) in [5.41, 5.74) is 1.54. The largest absolute Gasteiger partial charge is 0.356 e. The molecule has 6 nitrogen and oxygen atoms in total. The molecule has 26 heavy (non-hydrogen) atoms. The van der Waals surface area contributed by atoms with Crippen molar-refractivity contribution in [2.24, 2.45) is 17.8 Å². The van der Waals surface area contributed by atoms with Gasteiger partial charge in [0.2, 0.25) is 5.91 Å². The average Bonchev–Trinajstić information content (AvgIpc) is 3.07. The molecule has 2 saturated heterocycles. The van der Waals surface area contributed by atoms with Gasteiger partial charge in [0.25, 0.3) is 0 Å². The first kappa shape index (κ1) is 16.0. The van der Waals surface area contributed by atoms with E-state index in [4.69, 9.17) is 4.98 Å². The third-order valence-electron chi connectivity index (χ3n) is 6.48. The molecule has 3 fully saturated rings. The molecule has 2 aliphatic heterocycles. The van der Waals surface area contributed by atoms with Crippen molar-refractivity contribution >= 4 is 22.9 Å². The maximum Gasteiger partial charge on any atom is 0.222 e. The molecule has 3 aliphatic rings. The number of piperidine rings is 1. The maximum atomic E-state index is 12.6. The number of carbonyl (C=O) groups excluding carboxylic acids is 1. The summed E-state index contributed by atoms with van der Waals surface area (Å²) in [5, 5.41) is 0. The van der Waals surface area contributed by atoms with Gasteiger partial charge in [0.1, 0.15) is 11.3 Å². The van der Waals surface area contributed by atoms with Crippen molar-refractivity contribution in [2.75, 3.05) is 31.1 Å². The van der Waals surface area contributed by atoms with Crippen LogP contribution in [0.2, 0.25) is 0 Å². The lowest BCUT2D eigenvalue weighted by atomic mass is 9.83. The van der Waals surface area contributed by atoms with Crippen LogP contribution >= 0.6 is 0 Å². The number of fused-ring (bicyclic) bond motifs is 2. The number of anilines is 1. The van der Waals surface area contributed by atoms with Gasteiger partial charge in [0, 0.05) is 45.0 Å². The van der Waals surface area contributed by atoms with Gasteiger partial charge in [-0.25, -0.2) is 9.97 Å². The highest BCUT2D eigenvalue weighted by atomic mass is 16.2. The lowest BCUT2D eigenvalue weighted by molar-refractivity contribution is -0.132. The van der Waals surface area contributed by atoms with Gasteiger partial charge in [-0.15, -0.1) is 0 Å². The molecule has 0 spiro atoms. The number of hydrogen-bond donors (Lipinski definition) is 0. The molecule has 1 aliphatic carbocycles. The number of aromatic nitrogens is 3. The maximum absolute atomic E-state index is 12.6. The molecule has 0 bridgehead atoms. The second-order valence-electron chi connectivity index (χ2n) is 8.12. The van der Waals surface area contributed by atoms with E-state index in [1.807, 2.05) is 12.1 Å². The molecule has 1 saturated carbocycles. The summed E-state index contributed by atoms with van der Waals surface area (Å²) in [5.74, 6) is 3.24. The van der Waals surface area contributed by atoms with Gasteiger partial charge in [0.05, 0.1) is 0 Å². The third-order valence-corrected chi connectivity index (χ3v) is 6.48. The zero-order chi connectivity index (χ0) is 17.5. The SMILES string of the molecule is O=C(CC1CCC1)N1C[C@@H]2CCN(c3ccc4nccnc4n3)C[C@@H]2C1. The van der Waals surface area contributed by atoms with Crippen molar-refractivity contribution in [2.45, 2.75) is 32.1 Å². The number of amides is 1. The minimum absolute atomic E-state index is 0.384. The Balaban J connectivity index is 1.26. The fraction of sp³-hybridized carbons (Fsp3) is 0.600. The molecule has 1 amide bonds. The molecule has 2 atom stereocenters. The van der Waals surface area contributed by atoms with Crippen LogP contribution in [0.15, 0.2) is 24.5 Å². The Labute approximate surface area is 153 Å². The van der Waals surface area contributed by atoms with Gasteiger partial charge < -0.3 is 9.80 Å². The third kappa shape index (κ3) is 2.91. The number of nitrogens with zero attached hydrogens (tertiary/aromatic N) is 5. The predicted octanol–water partition coefficient (Wildman–Crippen LogP) is 2.50. The summed E-state index contributed by atoms with van der Waals surface area (Å²) in [4.78, 5) is 30.4. The second kappa shape index (κ2) is 6.49. The smallest absolute Gasteiger partial charge is 0.222 e. The number of carbonyl (C=O) groups is 1. The van der Waals surface area contributed by atoms with Crippen LogP contribution in [0.3, 0.4) is 0 Å². The van der Waals surface area contributed by atoms with E-state index in [0.717, 1.165) is 50.4 Å². The van der Waals surface area contributed by atoms with Crippen LogP contribution in [0, 0.1) is 17.8 Å².